The number of ether oxygens (including phenoxy) is 1. The van der Waals surface area contributed by atoms with Crippen LogP contribution in [-0.2, 0) is 22.6 Å². The van der Waals surface area contributed by atoms with E-state index in [1.54, 1.807) is 13.8 Å². The SMILES string of the molecule is CC(=O)C(Cc1ccccc1)CC(C)(O)OCc1ccccc1. The van der Waals surface area contributed by atoms with Crippen LogP contribution in [0.4, 0.5) is 0 Å². The highest BCUT2D eigenvalue weighted by atomic mass is 16.6. The Morgan fingerprint density at radius 3 is 2.09 bits per heavy atom. The Bertz CT molecular complexity index is 605. The molecule has 0 bridgehead atoms. The fourth-order valence-corrected chi connectivity index (χ4v) is 2.59. The summed E-state index contributed by atoms with van der Waals surface area (Å²) in [4.78, 5) is 11.9. The van der Waals surface area contributed by atoms with Gasteiger partial charge in [0.2, 0.25) is 0 Å². The highest BCUT2D eigenvalue weighted by Crippen LogP contribution is 2.24. The van der Waals surface area contributed by atoms with Crippen LogP contribution in [0.2, 0.25) is 0 Å². The number of carbonyl (C=O) groups is 1. The van der Waals surface area contributed by atoms with E-state index >= 15 is 0 Å². The Hall–Kier alpha value is -1.97. The largest absolute Gasteiger partial charge is 0.366 e. The molecule has 2 rings (SSSR count). The number of benzene rings is 2. The third-order valence-corrected chi connectivity index (χ3v) is 3.92. The normalized spacial score (nSPS) is 14.9. The number of ketones is 1. The van der Waals surface area contributed by atoms with E-state index in [0.29, 0.717) is 13.0 Å². The second-order valence-corrected chi connectivity index (χ2v) is 6.15. The molecule has 3 nitrogen and oxygen atoms in total. The van der Waals surface area contributed by atoms with Crippen LogP contribution in [0.1, 0.15) is 31.4 Å². The van der Waals surface area contributed by atoms with E-state index in [1.807, 2.05) is 60.7 Å². The molecule has 0 aliphatic rings. The molecule has 1 N–H and O–H groups in total. The maximum absolute atomic E-state index is 11.9. The lowest BCUT2D eigenvalue weighted by atomic mass is 9.89. The van der Waals surface area contributed by atoms with Crippen molar-refractivity contribution in [3.8, 4) is 0 Å². The molecule has 0 fully saturated rings. The lowest BCUT2D eigenvalue weighted by Gasteiger charge is -2.28. The van der Waals surface area contributed by atoms with Gasteiger partial charge < -0.3 is 9.84 Å². The molecule has 0 aromatic heterocycles. The van der Waals surface area contributed by atoms with Gasteiger partial charge in [-0.15, -0.1) is 0 Å². The van der Waals surface area contributed by atoms with E-state index in [-0.39, 0.29) is 18.1 Å². The van der Waals surface area contributed by atoms with E-state index in [1.165, 1.54) is 0 Å². The van der Waals surface area contributed by atoms with Crippen molar-refractivity contribution in [1.82, 2.24) is 0 Å². The molecule has 0 aliphatic carbocycles. The average Bonchev–Trinajstić information content (AvgIpc) is 2.54. The summed E-state index contributed by atoms with van der Waals surface area (Å²) >= 11 is 0. The Morgan fingerprint density at radius 2 is 1.57 bits per heavy atom. The quantitative estimate of drug-likeness (QED) is 0.755. The molecule has 0 spiro atoms. The second-order valence-electron chi connectivity index (χ2n) is 6.15. The Labute approximate surface area is 137 Å². The zero-order valence-electron chi connectivity index (χ0n) is 13.7. The number of Topliss-reactive ketones (excluding diaryl/α,β-unsaturated/α-hetero) is 1. The minimum absolute atomic E-state index is 0.0671. The first-order chi connectivity index (χ1) is 11.0. The maximum atomic E-state index is 11.9. The van der Waals surface area contributed by atoms with Gasteiger partial charge in [0.15, 0.2) is 5.79 Å². The van der Waals surface area contributed by atoms with Gasteiger partial charge >= 0.3 is 0 Å². The van der Waals surface area contributed by atoms with E-state index in [4.69, 9.17) is 4.74 Å². The fourth-order valence-electron chi connectivity index (χ4n) is 2.59. The Balaban J connectivity index is 1.96. The molecule has 122 valence electrons. The second kappa shape index (κ2) is 8.04. The van der Waals surface area contributed by atoms with Gasteiger partial charge in [-0.3, -0.25) is 4.79 Å². The highest BCUT2D eigenvalue weighted by Gasteiger charge is 2.29. The lowest BCUT2D eigenvalue weighted by Crippen LogP contribution is -2.34. The van der Waals surface area contributed by atoms with Crippen molar-refractivity contribution in [2.75, 3.05) is 0 Å². The molecule has 0 aliphatic heterocycles. The standard InChI is InChI=1S/C20H24O3/c1-16(21)19(13-17-9-5-3-6-10-17)14-20(2,22)23-15-18-11-7-4-8-12-18/h3-12,19,22H,13-15H2,1-2H3. The van der Waals surface area contributed by atoms with Gasteiger partial charge in [0.25, 0.3) is 0 Å². The van der Waals surface area contributed by atoms with Gasteiger partial charge in [-0.05, 0) is 31.4 Å². The zero-order chi connectivity index (χ0) is 16.7. The first-order valence-corrected chi connectivity index (χ1v) is 7.91. The lowest BCUT2D eigenvalue weighted by molar-refractivity contribution is -0.208. The number of hydrogen-bond acceptors (Lipinski definition) is 3. The molecule has 0 heterocycles. The average molecular weight is 312 g/mol. The summed E-state index contributed by atoms with van der Waals surface area (Å²) in [5.74, 6) is -1.53. The topological polar surface area (TPSA) is 46.5 Å². The van der Waals surface area contributed by atoms with Crippen molar-refractivity contribution >= 4 is 5.78 Å². The van der Waals surface area contributed by atoms with Crippen LogP contribution >= 0.6 is 0 Å². The van der Waals surface area contributed by atoms with E-state index in [9.17, 15) is 9.90 Å². The monoisotopic (exact) mass is 312 g/mol. The highest BCUT2D eigenvalue weighted by molar-refractivity contribution is 5.78. The summed E-state index contributed by atoms with van der Waals surface area (Å²) in [6, 6.07) is 19.5. The third-order valence-electron chi connectivity index (χ3n) is 3.92. The van der Waals surface area contributed by atoms with E-state index in [0.717, 1.165) is 11.1 Å². The Kier molecular flexibility index (Phi) is 6.08. The summed E-state index contributed by atoms with van der Waals surface area (Å²) in [5, 5.41) is 10.5. The molecule has 0 saturated carbocycles. The maximum Gasteiger partial charge on any atom is 0.163 e. The molecular weight excluding hydrogens is 288 g/mol. The predicted molar refractivity (Wildman–Crippen MR) is 90.8 cm³/mol. The minimum Gasteiger partial charge on any atom is -0.366 e. The molecule has 2 aromatic carbocycles. The van der Waals surface area contributed by atoms with Gasteiger partial charge in [-0.2, -0.15) is 0 Å². The predicted octanol–water partition coefficient (Wildman–Crippen LogP) is 3.75. The first-order valence-electron chi connectivity index (χ1n) is 7.91. The summed E-state index contributed by atoms with van der Waals surface area (Å²) < 4.78 is 5.64. The number of hydrogen-bond donors (Lipinski definition) is 1. The van der Waals surface area contributed by atoms with Crippen LogP contribution in [0, 0.1) is 5.92 Å². The van der Waals surface area contributed by atoms with Gasteiger partial charge in [0.1, 0.15) is 5.78 Å². The summed E-state index contributed by atoms with van der Waals surface area (Å²) in [6.07, 6.45) is 0.894. The molecule has 0 saturated heterocycles. The van der Waals surface area contributed by atoms with Gasteiger partial charge in [0.05, 0.1) is 6.61 Å². The third kappa shape index (κ3) is 5.97. The summed E-state index contributed by atoms with van der Waals surface area (Å²) in [5.41, 5.74) is 2.08. The summed E-state index contributed by atoms with van der Waals surface area (Å²) in [6.45, 7) is 3.52. The van der Waals surface area contributed by atoms with Gasteiger partial charge in [-0.1, -0.05) is 60.7 Å². The number of carbonyl (C=O) groups excluding carboxylic acids is 1. The van der Waals surface area contributed by atoms with Crippen LogP contribution in [0.5, 0.6) is 0 Å². The molecule has 2 unspecified atom stereocenters. The van der Waals surface area contributed by atoms with Crippen molar-refractivity contribution in [1.29, 1.82) is 0 Å². The van der Waals surface area contributed by atoms with Gasteiger partial charge in [0, 0.05) is 12.3 Å². The minimum atomic E-state index is -1.33. The van der Waals surface area contributed by atoms with E-state index < -0.39 is 5.79 Å². The number of rotatable bonds is 8. The molecule has 23 heavy (non-hydrogen) atoms. The first kappa shape index (κ1) is 17.4. The Morgan fingerprint density at radius 1 is 1.04 bits per heavy atom. The number of aliphatic hydroxyl groups is 1. The van der Waals surface area contributed by atoms with Gasteiger partial charge in [-0.25, -0.2) is 0 Å². The van der Waals surface area contributed by atoms with Crippen LogP contribution in [-0.4, -0.2) is 16.7 Å². The van der Waals surface area contributed by atoms with E-state index in [2.05, 4.69) is 0 Å². The molecule has 3 heteroatoms. The molecule has 2 aromatic rings. The molecule has 0 amide bonds. The smallest absolute Gasteiger partial charge is 0.163 e. The molecule has 2 atom stereocenters. The van der Waals surface area contributed by atoms with Crippen LogP contribution in [0.25, 0.3) is 0 Å². The molecule has 0 radical (unpaired) electrons. The van der Waals surface area contributed by atoms with Crippen molar-refractivity contribution in [3.63, 3.8) is 0 Å². The van der Waals surface area contributed by atoms with Crippen LogP contribution < -0.4 is 0 Å². The molecular formula is C20H24O3. The zero-order valence-corrected chi connectivity index (χ0v) is 13.7. The van der Waals surface area contributed by atoms with Crippen LogP contribution in [0.3, 0.4) is 0 Å². The van der Waals surface area contributed by atoms with Crippen molar-refractivity contribution in [2.45, 2.75) is 39.1 Å². The van der Waals surface area contributed by atoms with Crippen molar-refractivity contribution in [2.24, 2.45) is 5.92 Å². The van der Waals surface area contributed by atoms with Crippen LogP contribution in [0.15, 0.2) is 60.7 Å². The van der Waals surface area contributed by atoms with Crippen molar-refractivity contribution < 1.29 is 14.6 Å². The summed E-state index contributed by atoms with van der Waals surface area (Å²) in [7, 11) is 0. The fraction of sp³-hybridized carbons (Fsp3) is 0.350. The van der Waals surface area contributed by atoms with Crippen molar-refractivity contribution in [3.05, 3.63) is 71.8 Å².